The van der Waals surface area contributed by atoms with Gasteiger partial charge in [0.05, 0.1) is 0 Å². The zero-order valence-corrected chi connectivity index (χ0v) is 14.4. The zero-order chi connectivity index (χ0) is 14.0. The highest BCUT2D eigenvalue weighted by molar-refractivity contribution is 8.76. The van der Waals surface area contributed by atoms with Crippen LogP contribution in [-0.4, -0.2) is 24.7 Å². The minimum atomic E-state index is 0.949. The van der Waals surface area contributed by atoms with Gasteiger partial charge in [-0.15, -0.1) is 11.8 Å². The predicted molar refractivity (Wildman–Crippen MR) is 92.0 cm³/mol. The minimum Gasteiger partial charge on any atom is -0.381 e. The summed E-state index contributed by atoms with van der Waals surface area (Å²) in [6, 6.07) is 0. The fourth-order valence-corrected chi connectivity index (χ4v) is 5.40. The van der Waals surface area contributed by atoms with Crippen molar-refractivity contribution in [2.75, 3.05) is 24.7 Å². The molecule has 1 fully saturated rings. The molecular formula is C17H28OS2. The third-order valence-corrected chi connectivity index (χ3v) is 7.02. The second kappa shape index (κ2) is 10.0. The average molecular weight is 313 g/mol. The maximum atomic E-state index is 5.81. The third-order valence-electron chi connectivity index (χ3n) is 4.32. The van der Waals surface area contributed by atoms with Crippen LogP contribution < -0.4 is 0 Å². The van der Waals surface area contributed by atoms with Crippen LogP contribution in [0.25, 0.3) is 0 Å². The van der Waals surface area contributed by atoms with Crippen molar-refractivity contribution in [2.45, 2.75) is 51.9 Å². The zero-order valence-electron chi connectivity index (χ0n) is 12.7. The van der Waals surface area contributed by atoms with Gasteiger partial charge in [0.2, 0.25) is 0 Å². The average Bonchev–Trinajstić information content (AvgIpc) is 3.06. The Morgan fingerprint density at radius 1 is 1.00 bits per heavy atom. The molecule has 0 aromatic rings. The van der Waals surface area contributed by atoms with Crippen LogP contribution in [0.4, 0.5) is 0 Å². The fraction of sp³-hybridized carbons (Fsp3) is 0.882. The first kappa shape index (κ1) is 16.6. The summed E-state index contributed by atoms with van der Waals surface area (Å²) >= 11 is 0. The largest absolute Gasteiger partial charge is 0.381 e. The molecule has 1 nitrogen and oxygen atoms in total. The first-order valence-electron chi connectivity index (χ1n) is 8.21. The van der Waals surface area contributed by atoms with Crippen LogP contribution in [0.5, 0.6) is 0 Å². The van der Waals surface area contributed by atoms with Crippen molar-refractivity contribution in [3.8, 4) is 11.8 Å². The van der Waals surface area contributed by atoms with E-state index in [4.69, 9.17) is 4.74 Å². The number of hydrogen-bond acceptors (Lipinski definition) is 3. The van der Waals surface area contributed by atoms with E-state index in [1.54, 1.807) is 0 Å². The summed E-state index contributed by atoms with van der Waals surface area (Å²) in [6.07, 6.45) is 8.71. The third kappa shape index (κ3) is 5.92. The number of hydrogen-bond donors (Lipinski definition) is 0. The van der Waals surface area contributed by atoms with Crippen molar-refractivity contribution >= 4 is 21.6 Å². The molecule has 0 N–H and O–H groups in total. The van der Waals surface area contributed by atoms with E-state index in [1.807, 2.05) is 21.6 Å². The molecule has 0 bridgehead atoms. The van der Waals surface area contributed by atoms with Gasteiger partial charge in [-0.05, 0) is 49.9 Å². The molecule has 2 aliphatic carbocycles. The highest BCUT2D eigenvalue weighted by Crippen LogP contribution is 2.54. The summed E-state index contributed by atoms with van der Waals surface area (Å²) in [5.41, 5.74) is 0. The maximum Gasteiger partial charge on any atom is 0.0474 e. The van der Waals surface area contributed by atoms with E-state index in [-0.39, 0.29) is 0 Å². The quantitative estimate of drug-likeness (QED) is 0.319. The Morgan fingerprint density at radius 3 is 2.40 bits per heavy atom. The molecule has 0 aliphatic heterocycles. The van der Waals surface area contributed by atoms with Gasteiger partial charge in [0.1, 0.15) is 0 Å². The van der Waals surface area contributed by atoms with Crippen molar-refractivity contribution < 1.29 is 4.74 Å². The van der Waals surface area contributed by atoms with E-state index in [0.717, 1.165) is 43.8 Å². The topological polar surface area (TPSA) is 9.23 Å². The van der Waals surface area contributed by atoms with Gasteiger partial charge >= 0.3 is 0 Å². The second-order valence-electron chi connectivity index (χ2n) is 5.82. The van der Waals surface area contributed by atoms with E-state index >= 15 is 0 Å². The van der Waals surface area contributed by atoms with E-state index in [0.29, 0.717) is 0 Å². The normalized spacial score (nSPS) is 27.9. The van der Waals surface area contributed by atoms with Gasteiger partial charge in [0, 0.05) is 37.6 Å². The van der Waals surface area contributed by atoms with Crippen LogP contribution in [0.1, 0.15) is 51.9 Å². The van der Waals surface area contributed by atoms with E-state index < -0.39 is 0 Å². The van der Waals surface area contributed by atoms with Crippen LogP contribution in [0.15, 0.2) is 0 Å². The number of rotatable bonds is 10. The summed E-state index contributed by atoms with van der Waals surface area (Å²) in [4.78, 5) is 0. The van der Waals surface area contributed by atoms with Gasteiger partial charge in [-0.1, -0.05) is 28.5 Å². The summed E-state index contributed by atoms with van der Waals surface area (Å²) in [5, 5.41) is 0. The molecule has 0 amide bonds. The lowest BCUT2D eigenvalue weighted by Crippen LogP contribution is -2.00. The molecule has 2 aliphatic rings. The number of ether oxygens (including phenoxy) is 1. The molecule has 3 heteroatoms. The highest BCUT2D eigenvalue weighted by Gasteiger charge is 2.47. The Bertz CT molecular complexity index is 303. The molecule has 0 spiro atoms. The SMILES string of the molecule is CCCSSCCCOCCC1C2CCC#CCCC21. The molecule has 20 heavy (non-hydrogen) atoms. The van der Waals surface area contributed by atoms with Crippen molar-refractivity contribution in [2.24, 2.45) is 17.8 Å². The molecular weight excluding hydrogens is 284 g/mol. The highest BCUT2D eigenvalue weighted by atomic mass is 33.1. The number of fused-ring (bicyclic) bond motifs is 1. The minimum absolute atomic E-state index is 0.949. The Morgan fingerprint density at radius 2 is 1.70 bits per heavy atom. The molecule has 0 radical (unpaired) electrons. The smallest absolute Gasteiger partial charge is 0.0474 e. The second-order valence-corrected chi connectivity index (χ2v) is 8.52. The van der Waals surface area contributed by atoms with Gasteiger partial charge < -0.3 is 4.74 Å². The van der Waals surface area contributed by atoms with Gasteiger partial charge in [0.25, 0.3) is 0 Å². The summed E-state index contributed by atoms with van der Waals surface area (Å²) in [6.45, 7) is 4.17. The Labute approximate surface area is 132 Å². The molecule has 0 aromatic carbocycles. The molecule has 2 unspecified atom stereocenters. The standard InChI is InChI=1S/C17H28OS2/c1-2-13-19-20-14-7-11-18-12-10-17-15-8-5-3-4-6-9-16(15)17/h15-17H,2,5-14H2,1H3. The van der Waals surface area contributed by atoms with Gasteiger partial charge in [-0.25, -0.2) is 0 Å². The van der Waals surface area contributed by atoms with Crippen LogP contribution in [-0.2, 0) is 4.74 Å². The Kier molecular flexibility index (Phi) is 8.32. The molecule has 0 aromatic heterocycles. The van der Waals surface area contributed by atoms with E-state index in [2.05, 4.69) is 18.8 Å². The monoisotopic (exact) mass is 312 g/mol. The lowest BCUT2D eigenvalue weighted by Gasteiger charge is -2.04. The predicted octanol–water partition coefficient (Wildman–Crippen LogP) is 5.01. The Hall–Kier alpha value is 0.220. The molecule has 114 valence electrons. The van der Waals surface area contributed by atoms with Crippen molar-refractivity contribution in [3.63, 3.8) is 0 Å². The Balaban J connectivity index is 1.41. The van der Waals surface area contributed by atoms with E-state index in [1.165, 1.54) is 43.6 Å². The lowest BCUT2D eigenvalue weighted by atomic mass is 10.1. The van der Waals surface area contributed by atoms with Crippen molar-refractivity contribution in [1.82, 2.24) is 0 Å². The summed E-state index contributed by atoms with van der Waals surface area (Å²) < 4.78 is 5.81. The van der Waals surface area contributed by atoms with Crippen LogP contribution in [0.3, 0.4) is 0 Å². The summed E-state index contributed by atoms with van der Waals surface area (Å²) in [7, 11) is 4.00. The summed E-state index contributed by atoms with van der Waals surface area (Å²) in [5.74, 6) is 12.0. The van der Waals surface area contributed by atoms with Crippen molar-refractivity contribution in [1.29, 1.82) is 0 Å². The molecule has 1 saturated carbocycles. The maximum absolute atomic E-state index is 5.81. The molecule has 0 saturated heterocycles. The van der Waals surface area contributed by atoms with Crippen LogP contribution in [0, 0.1) is 29.6 Å². The first-order valence-corrected chi connectivity index (χ1v) is 10.7. The molecule has 2 atom stereocenters. The van der Waals surface area contributed by atoms with Crippen molar-refractivity contribution in [3.05, 3.63) is 0 Å². The van der Waals surface area contributed by atoms with E-state index in [9.17, 15) is 0 Å². The lowest BCUT2D eigenvalue weighted by molar-refractivity contribution is 0.127. The first-order chi connectivity index (χ1) is 9.93. The fourth-order valence-electron chi connectivity index (χ4n) is 3.21. The van der Waals surface area contributed by atoms with Crippen LogP contribution in [0.2, 0.25) is 0 Å². The van der Waals surface area contributed by atoms with Crippen LogP contribution >= 0.6 is 21.6 Å². The van der Waals surface area contributed by atoms with Gasteiger partial charge in [-0.2, -0.15) is 0 Å². The molecule has 0 heterocycles. The van der Waals surface area contributed by atoms with Gasteiger partial charge in [-0.3, -0.25) is 0 Å². The molecule has 2 rings (SSSR count). The van der Waals surface area contributed by atoms with Gasteiger partial charge in [0.15, 0.2) is 0 Å².